The fourth-order valence-corrected chi connectivity index (χ4v) is 2.70. The summed E-state index contributed by atoms with van der Waals surface area (Å²) in [4.78, 5) is 27.5. The van der Waals surface area contributed by atoms with Crippen LogP contribution in [0.4, 0.5) is 5.69 Å². The van der Waals surface area contributed by atoms with E-state index in [1.54, 1.807) is 6.92 Å². The molecule has 126 valence electrons. The van der Waals surface area contributed by atoms with Crippen LogP contribution in [0, 0.1) is 17.0 Å². The fourth-order valence-electron chi connectivity index (χ4n) is 2.70. The van der Waals surface area contributed by atoms with Crippen LogP contribution in [0.5, 0.6) is 5.75 Å². The maximum Gasteiger partial charge on any atom is 0.282 e. The number of nitrogens with zero attached hydrogens (tertiary/aromatic N) is 3. The van der Waals surface area contributed by atoms with Gasteiger partial charge in [0, 0.05) is 13.0 Å². The van der Waals surface area contributed by atoms with Crippen molar-refractivity contribution in [3.63, 3.8) is 0 Å². The van der Waals surface area contributed by atoms with Crippen LogP contribution in [0.1, 0.15) is 41.3 Å². The van der Waals surface area contributed by atoms with Gasteiger partial charge in [-0.15, -0.1) is 0 Å². The fraction of sp³-hybridized carbons (Fsp3) is 0.400. The molecule has 0 saturated heterocycles. The number of benzene rings is 1. The number of carbonyl (C=O) groups excluding carboxylic acids is 1. The number of nitro groups is 1. The van der Waals surface area contributed by atoms with Crippen molar-refractivity contribution in [2.24, 2.45) is 0 Å². The molecule has 0 aliphatic heterocycles. The normalized spacial score (nSPS) is 15.4. The summed E-state index contributed by atoms with van der Waals surface area (Å²) in [6, 6.07) is 4.04. The number of ether oxygens (including phenoxy) is 1. The molecule has 2 aromatic rings. The van der Waals surface area contributed by atoms with Crippen molar-refractivity contribution < 1.29 is 19.0 Å². The van der Waals surface area contributed by atoms with Crippen LogP contribution in [-0.2, 0) is 5.54 Å². The van der Waals surface area contributed by atoms with Gasteiger partial charge in [-0.2, -0.15) is 4.98 Å². The van der Waals surface area contributed by atoms with E-state index in [-0.39, 0.29) is 11.3 Å². The van der Waals surface area contributed by atoms with Gasteiger partial charge in [0.05, 0.1) is 12.0 Å². The van der Waals surface area contributed by atoms with Crippen molar-refractivity contribution in [3.05, 3.63) is 45.6 Å². The van der Waals surface area contributed by atoms with Crippen LogP contribution in [0.3, 0.4) is 0 Å². The Morgan fingerprint density at radius 3 is 2.71 bits per heavy atom. The number of carbonyl (C=O) groups is 1. The van der Waals surface area contributed by atoms with Crippen LogP contribution in [0.25, 0.3) is 0 Å². The molecular formula is C15H16N4O5. The number of rotatable bonds is 5. The van der Waals surface area contributed by atoms with Crippen LogP contribution in [0.15, 0.2) is 22.7 Å². The van der Waals surface area contributed by atoms with Gasteiger partial charge in [0.25, 0.3) is 11.6 Å². The van der Waals surface area contributed by atoms with Crippen LogP contribution in [-0.4, -0.2) is 28.1 Å². The van der Waals surface area contributed by atoms with E-state index in [1.165, 1.54) is 25.3 Å². The number of nitrogens with one attached hydrogen (secondary N) is 1. The number of nitro benzene ring substituents is 1. The highest BCUT2D eigenvalue weighted by atomic mass is 16.6. The lowest BCUT2D eigenvalue weighted by atomic mass is 9.76. The molecule has 1 N–H and O–H groups in total. The zero-order valence-corrected chi connectivity index (χ0v) is 13.2. The summed E-state index contributed by atoms with van der Waals surface area (Å²) >= 11 is 0. The first kappa shape index (κ1) is 15.9. The first-order valence-corrected chi connectivity index (χ1v) is 7.41. The summed E-state index contributed by atoms with van der Waals surface area (Å²) in [5.74, 6) is 0.592. The maximum absolute atomic E-state index is 12.7. The van der Waals surface area contributed by atoms with E-state index in [0.29, 0.717) is 30.3 Å². The molecule has 0 bridgehead atoms. The lowest BCUT2D eigenvalue weighted by Crippen LogP contribution is -2.51. The summed E-state index contributed by atoms with van der Waals surface area (Å²) in [6.45, 7) is 1.66. The topological polar surface area (TPSA) is 120 Å². The van der Waals surface area contributed by atoms with E-state index >= 15 is 0 Å². The predicted molar refractivity (Wildman–Crippen MR) is 81.7 cm³/mol. The van der Waals surface area contributed by atoms with Gasteiger partial charge in [-0.1, -0.05) is 5.16 Å². The van der Waals surface area contributed by atoms with Crippen LogP contribution < -0.4 is 10.1 Å². The molecule has 0 unspecified atom stereocenters. The van der Waals surface area contributed by atoms with E-state index in [1.807, 2.05) is 0 Å². The molecule has 0 spiro atoms. The van der Waals surface area contributed by atoms with Crippen molar-refractivity contribution in [1.82, 2.24) is 15.5 Å². The quantitative estimate of drug-likeness (QED) is 0.657. The Morgan fingerprint density at radius 1 is 1.46 bits per heavy atom. The zero-order chi connectivity index (χ0) is 17.3. The Hall–Kier alpha value is -2.97. The molecule has 24 heavy (non-hydrogen) atoms. The summed E-state index contributed by atoms with van der Waals surface area (Å²) in [5, 5.41) is 17.9. The molecule has 1 aliphatic rings. The average molecular weight is 332 g/mol. The lowest BCUT2D eigenvalue weighted by Gasteiger charge is -2.39. The predicted octanol–water partition coefficient (Wildman–Crippen LogP) is 2.10. The summed E-state index contributed by atoms with van der Waals surface area (Å²) in [5.41, 5.74) is -1.09. The minimum Gasteiger partial charge on any atom is -0.497 e. The summed E-state index contributed by atoms with van der Waals surface area (Å²) in [7, 11) is 1.43. The molecule has 9 nitrogen and oxygen atoms in total. The van der Waals surface area contributed by atoms with Gasteiger partial charge in [0.2, 0.25) is 5.89 Å². The zero-order valence-electron chi connectivity index (χ0n) is 13.2. The minimum absolute atomic E-state index is 0.0640. The highest BCUT2D eigenvalue weighted by Gasteiger charge is 2.45. The maximum atomic E-state index is 12.7. The van der Waals surface area contributed by atoms with Gasteiger partial charge >= 0.3 is 0 Å². The number of hydrogen-bond donors (Lipinski definition) is 1. The summed E-state index contributed by atoms with van der Waals surface area (Å²) in [6.07, 6.45) is 2.19. The molecule has 1 fully saturated rings. The molecule has 3 rings (SSSR count). The molecule has 1 aliphatic carbocycles. The number of aromatic nitrogens is 2. The molecule has 1 aromatic heterocycles. The Morgan fingerprint density at radius 2 is 2.21 bits per heavy atom. The number of hydrogen-bond acceptors (Lipinski definition) is 7. The third-order valence-electron chi connectivity index (χ3n) is 4.16. The van der Waals surface area contributed by atoms with Crippen molar-refractivity contribution >= 4 is 11.6 Å². The summed E-state index contributed by atoms with van der Waals surface area (Å²) < 4.78 is 10.0. The molecule has 1 saturated carbocycles. The Labute approximate surface area is 137 Å². The van der Waals surface area contributed by atoms with Crippen LogP contribution in [0.2, 0.25) is 0 Å². The van der Waals surface area contributed by atoms with Crippen molar-refractivity contribution in [2.45, 2.75) is 31.7 Å². The second kappa shape index (κ2) is 5.91. The number of aryl methyl sites for hydroxylation is 1. The highest BCUT2D eigenvalue weighted by Crippen LogP contribution is 2.40. The second-order valence-electron chi connectivity index (χ2n) is 5.67. The smallest absolute Gasteiger partial charge is 0.282 e. The Bertz CT molecular complexity index is 797. The number of methoxy groups -OCH3 is 1. The second-order valence-corrected chi connectivity index (χ2v) is 5.67. The van der Waals surface area contributed by atoms with Gasteiger partial charge in [-0.3, -0.25) is 14.9 Å². The van der Waals surface area contributed by atoms with Gasteiger partial charge in [0.15, 0.2) is 5.82 Å². The van der Waals surface area contributed by atoms with E-state index in [2.05, 4.69) is 15.5 Å². The van der Waals surface area contributed by atoms with Gasteiger partial charge < -0.3 is 14.6 Å². The lowest BCUT2D eigenvalue weighted by molar-refractivity contribution is -0.385. The first-order valence-electron chi connectivity index (χ1n) is 7.41. The van der Waals surface area contributed by atoms with Crippen molar-refractivity contribution in [3.8, 4) is 5.75 Å². The van der Waals surface area contributed by atoms with E-state index in [4.69, 9.17) is 9.26 Å². The third-order valence-corrected chi connectivity index (χ3v) is 4.16. The third kappa shape index (κ3) is 2.68. The molecule has 1 amide bonds. The highest BCUT2D eigenvalue weighted by molar-refractivity contribution is 5.99. The van der Waals surface area contributed by atoms with Gasteiger partial charge in [-0.25, -0.2) is 0 Å². The molecule has 1 aromatic carbocycles. The van der Waals surface area contributed by atoms with E-state index in [9.17, 15) is 14.9 Å². The first-order chi connectivity index (χ1) is 11.4. The number of amides is 1. The SMILES string of the molecule is COc1ccc([N+](=O)[O-])c(C(=O)NC2(c3noc(C)n3)CCC2)c1. The molecular weight excluding hydrogens is 316 g/mol. The molecule has 9 heteroatoms. The van der Waals surface area contributed by atoms with Crippen molar-refractivity contribution in [2.75, 3.05) is 7.11 Å². The van der Waals surface area contributed by atoms with Crippen LogP contribution >= 0.6 is 0 Å². The monoisotopic (exact) mass is 332 g/mol. The Balaban J connectivity index is 1.93. The molecule has 0 atom stereocenters. The van der Waals surface area contributed by atoms with Gasteiger partial charge in [-0.05, 0) is 31.4 Å². The largest absolute Gasteiger partial charge is 0.497 e. The Kier molecular flexibility index (Phi) is 3.92. The standard InChI is InChI=1S/C15H16N4O5/c1-9-16-14(18-24-9)15(6-3-7-15)17-13(20)11-8-10(23-2)4-5-12(11)19(21)22/h4-5,8H,3,6-7H2,1-2H3,(H,17,20). The van der Waals surface area contributed by atoms with Crippen molar-refractivity contribution in [1.29, 1.82) is 0 Å². The van der Waals surface area contributed by atoms with E-state index in [0.717, 1.165) is 6.42 Å². The molecule has 1 heterocycles. The van der Waals surface area contributed by atoms with E-state index < -0.39 is 16.4 Å². The molecule has 0 radical (unpaired) electrons. The average Bonchev–Trinajstić information content (AvgIpc) is 2.96. The minimum atomic E-state index is -0.744. The van der Waals surface area contributed by atoms with Gasteiger partial charge in [0.1, 0.15) is 16.9 Å².